The van der Waals surface area contributed by atoms with Crippen LogP contribution in [0.3, 0.4) is 0 Å². The van der Waals surface area contributed by atoms with Crippen LogP contribution in [0.25, 0.3) is 0 Å². The number of rotatable bonds is 6. The van der Waals surface area contributed by atoms with Crippen LogP contribution in [0, 0.1) is 0 Å². The predicted molar refractivity (Wildman–Crippen MR) is 82.3 cm³/mol. The Hall–Kier alpha value is -2.16. The lowest BCUT2D eigenvalue weighted by atomic mass is 10.0. The number of hydrogen-bond acceptors (Lipinski definition) is 3. The first-order valence-corrected chi connectivity index (χ1v) is 7.08. The number of carbonyl (C=O) groups excluding carboxylic acids is 1. The van der Waals surface area contributed by atoms with Crippen molar-refractivity contribution in [3.63, 3.8) is 0 Å². The SMILES string of the molecule is CCCNc1ncccc1C(=O)c1cccc(CC)c1. The maximum absolute atomic E-state index is 12.6. The number of hydrogen-bond donors (Lipinski definition) is 1. The van der Waals surface area contributed by atoms with Crippen molar-refractivity contribution in [2.45, 2.75) is 26.7 Å². The maximum Gasteiger partial charge on any atom is 0.196 e. The number of benzene rings is 1. The lowest BCUT2D eigenvalue weighted by molar-refractivity contribution is 0.103. The van der Waals surface area contributed by atoms with Crippen LogP contribution in [0.4, 0.5) is 5.82 Å². The number of anilines is 1. The second-order valence-electron chi connectivity index (χ2n) is 4.71. The number of nitrogens with zero attached hydrogens (tertiary/aromatic N) is 1. The van der Waals surface area contributed by atoms with Gasteiger partial charge in [0.2, 0.25) is 0 Å². The number of ketones is 1. The summed E-state index contributed by atoms with van der Waals surface area (Å²) in [6.07, 6.45) is 3.63. The standard InChI is InChI=1S/C17H20N2O/c1-3-10-18-17-15(9-6-11-19-17)16(20)14-8-5-7-13(4-2)12-14/h5-9,11-12H,3-4,10H2,1-2H3,(H,18,19). The Morgan fingerprint density at radius 3 is 2.80 bits per heavy atom. The molecule has 104 valence electrons. The molecule has 1 heterocycles. The third-order valence-electron chi connectivity index (χ3n) is 3.19. The molecular weight excluding hydrogens is 248 g/mol. The molecular formula is C17H20N2O. The molecule has 1 aromatic heterocycles. The summed E-state index contributed by atoms with van der Waals surface area (Å²) >= 11 is 0. The topological polar surface area (TPSA) is 42.0 Å². The molecule has 0 atom stereocenters. The number of pyridine rings is 1. The summed E-state index contributed by atoms with van der Waals surface area (Å²) < 4.78 is 0. The lowest BCUT2D eigenvalue weighted by Gasteiger charge is -2.09. The van der Waals surface area contributed by atoms with Crippen molar-refractivity contribution in [1.82, 2.24) is 4.98 Å². The number of aryl methyl sites for hydroxylation is 1. The van der Waals surface area contributed by atoms with Gasteiger partial charge >= 0.3 is 0 Å². The fraction of sp³-hybridized carbons (Fsp3) is 0.294. The Morgan fingerprint density at radius 1 is 1.20 bits per heavy atom. The summed E-state index contributed by atoms with van der Waals surface area (Å²) in [4.78, 5) is 16.9. The first-order valence-electron chi connectivity index (χ1n) is 7.08. The van der Waals surface area contributed by atoms with Gasteiger partial charge in [-0.3, -0.25) is 4.79 Å². The average molecular weight is 268 g/mol. The lowest BCUT2D eigenvalue weighted by Crippen LogP contribution is -2.10. The fourth-order valence-electron chi connectivity index (χ4n) is 2.06. The Labute approximate surface area is 120 Å². The highest BCUT2D eigenvalue weighted by molar-refractivity contribution is 6.11. The quantitative estimate of drug-likeness (QED) is 0.812. The molecule has 1 aromatic carbocycles. The van der Waals surface area contributed by atoms with Crippen LogP contribution in [0.1, 0.15) is 41.8 Å². The second kappa shape index (κ2) is 6.85. The first kappa shape index (κ1) is 14.3. The van der Waals surface area contributed by atoms with Gasteiger partial charge in [-0.05, 0) is 36.6 Å². The molecule has 0 radical (unpaired) electrons. The third-order valence-corrected chi connectivity index (χ3v) is 3.19. The van der Waals surface area contributed by atoms with Crippen molar-refractivity contribution in [2.24, 2.45) is 0 Å². The zero-order chi connectivity index (χ0) is 14.4. The van der Waals surface area contributed by atoms with Crippen LogP contribution in [0.5, 0.6) is 0 Å². The van der Waals surface area contributed by atoms with Crippen molar-refractivity contribution in [3.8, 4) is 0 Å². The number of nitrogens with one attached hydrogen (secondary N) is 1. The van der Waals surface area contributed by atoms with Crippen LogP contribution < -0.4 is 5.32 Å². The minimum atomic E-state index is 0.0204. The highest BCUT2D eigenvalue weighted by Crippen LogP contribution is 2.18. The molecule has 0 bridgehead atoms. The van der Waals surface area contributed by atoms with Crippen LogP contribution in [0.2, 0.25) is 0 Å². The Balaban J connectivity index is 2.32. The first-order chi connectivity index (χ1) is 9.76. The summed E-state index contributed by atoms with van der Waals surface area (Å²) in [5.41, 5.74) is 2.52. The van der Waals surface area contributed by atoms with E-state index >= 15 is 0 Å². The monoisotopic (exact) mass is 268 g/mol. The van der Waals surface area contributed by atoms with Gasteiger partial charge in [0.05, 0.1) is 5.56 Å². The molecule has 3 heteroatoms. The van der Waals surface area contributed by atoms with Crippen LogP contribution >= 0.6 is 0 Å². The summed E-state index contributed by atoms with van der Waals surface area (Å²) in [6.45, 7) is 4.98. The van der Waals surface area contributed by atoms with Gasteiger partial charge < -0.3 is 5.32 Å². The van der Waals surface area contributed by atoms with Gasteiger partial charge in [0.1, 0.15) is 5.82 Å². The van der Waals surface area contributed by atoms with E-state index in [1.165, 1.54) is 5.56 Å². The summed E-state index contributed by atoms with van der Waals surface area (Å²) in [7, 11) is 0. The molecule has 20 heavy (non-hydrogen) atoms. The van der Waals surface area contributed by atoms with E-state index in [9.17, 15) is 4.79 Å². The summed E-state index contributed by atoms with van der Waals surface area (Å²) in [5.74, 6) is 0.688. The van der Waals surface area contributed by atoms with E-state index < -0.39 is 0 Å². The van der Waals surface area contributed by atoms with Gasteiger partial charge in [-0.1, -0.05) is 32.0 Å². The minimum Gasteiger partial charge on any atom is -0.369 e. The Morgan fingerprint density at radius 2 is 2.05 bits per heavy atom. The molecule has 0 aliphatic rings. The molecule has 0 unspecified atom stereocenters. The van der Waals surface area contributed by atoms with Crippen LogP contribution in [-0.2, 0) is 6.42 Å². The maximum atomic E-state index is 12.6. The highest BCUT2D eigenvalue weighted by Gasteiger charge is 2.14. The third kappa shape index (κ3) is 3.23. The van der Waals surface area contributed by atoms with Gasteiger partial charge in [-0.25, -0.2) is 4.98 Å². The van der Waals surface area contributed by atoms with E-state index in [0.29, 0.717) is 11.4 Å². The van der Waals surface area contributed by atoms with Crippen molar-refractivity contribution < 1.29 is 4.79 Å². The van der Waals surface area contributed by atoms with Gasteiger partial charge in [-0.15, -0.1) is 0 Å². The molecule has 3 nitrogen and oxygen atoms in total. The van der Waals surface area contributed by atoms with Gasteiger partial charge in [-0.2, -0.15) is 0 Å². The zero-order valence-corrected chi connectivity index (χ0v) is 12.0. The molecule has 0 spiro atoms. The smallest absolute Gasteiger partial charge is 0.196 e. The summed E-state index contributed by atoms with van der Waals surface area (Å²) in [6, 6.07) is 11.4. The van der Waals surface area contributed by atoms with Crippen LogP contribution in [0.15, 0.2) is 42.6 Å². The summed E-state index contributed by atoms with van der Waals surface area (Å²) in [5, 5.41) is 3.21. The molecule has 2 aromatic rings. The molecule has 0 aliphatic heterocycles. The minimum absolute atomic E-state index is 0.0204. The van der Waals surface area contributed by atoms with E-state index in [2.05, 4.69) is 24.1 Å². The number of carbonyl (C=O) groups is 1. The van der Waals surface area contributed by atoms with E-state index in [-0.39, 0.29) is 5.78 Å². The molecule has 0 saturated heterocycles. The molecule has 0 fully saturated rings. The zero-order valence-electron chi connectivity index (χ0n) is 12.0. The molecule has 0 aliphatic carbocycles. The largest absolute Gasteiger partial charge is 0.369 e. The highest BCUT2D eigenvalue weighted by atomic mass is 16.1. The van der Waals surface area contributed by atoms with E-state index in [0.717, 1.165) is 24.9 Å². The fourth-order valence-corrected chi connectivity index (χ4v) is 2.06. The Kier molecular flexibility index (Phi) is 4.88. The van der Waals surface area contributed by atoms with Crippen LogP contribution in [-0.4, -0.2) is 17.3 Å². The number of aromatic nitrogens is 1. The van der Waals surface area contributed by atoms with Gasteiger partial charge in [0.25, 0.3) is 0 Å². The van der Waals surface area contributed by atoms with Gasteiger partial charge in [0.15, 0.2) is 5.78 Å². The second-order valence-corrected chi connectivity index (χ2v) is 4.71. The molecule has 0 saturated carbocycles. The van der Waals surface area contributed by atoms with E-state index in [1.54, 1.807) is 12.3 Å². The normalized spacial score (nSPS) is 10.3. The van der Waals surface area contributed by atoms with Crippen molar-refractivity contribution >= 4 is 11.6 Å². The predicted octanol–water partition coefficient (Wildman–Crippen LogP) is 3.70. The average Bonchev–Trinajstić information content (AvgIpc) is 2.52. The van der Waals surface area contributed by atoms with Crippen molar-refractivity contribution in [3.05, 3.63) is 59.3 Å². The van der Waals surface area contributed by atoms with E-state index in [1.807, 2.05) is 30.3 Å². The Bertz CT molecular complexity index is 593. The molecule has 1 N–H and O–H groups in total. The molecule has 2 rings (SSSR count). The molecule has 0 amide bonds. The van der Waals surface area contributed by atoms with Crippen molar-refractivity contribution in [2.75, 3.05) is 11.9 Å². The van der Waals surface area contributed by atoms with Gasteiger partial charge in [0, 0.05) is 18.3 Å². The van der Waals surface area contributed by atoms with Crippen molar-refractivity contribution in [1.29, 1.82) is 0 Å². The van der Waals surface area contributed by atoms with E-state index in [4.69, 9.17) is 0 Å².